The van der Waals surface area contributed by atoms with Gasteiger partial charge < -0.3 is 14.6 Å². The van der Waals surface area contributed by atoms with Gasteiger partial charge in [-0.25, -0.2) is 0 Å². The Morgan fingerprint density at radius 2 is 1.60 bits per heavy atom. The first kappa shape index (κ1) is 14.6. The maximum absolute atomic E-state index is 9.76. The zero-order valence-corrected chi connectivity index (χ0v) is 12.5. The third-order valence-corrected chi connectivity index (χ3v) is 5.26. The Balaban J connectivity index is 1.47. The molecule has 1 N–H and O–H groups in total. The molecule has 1 aliphatic heterocycles. The molecule has 4 unspecified atom stereocenters. The van der Waals surface area contributed by atoms with E-state index in [4.69, 9.17) is 9.47 Å². The summed E-state index contributed by atoms with van der Waals surface area (Å²) in [7, 11) is 0. The summed E-state index contributed by atoms with van der Waals surface area (Å²) in [5, 5.41) is 9.76. The number of rotatable bonds is 2. The third-order valence-electron chi connectivity index (χ3n) is 5.26. The number of hydrogen-bond acceptors (Lipinski definition) is 3. The fraction of sp³-hybridized carbons (Fsp3) is 0.882. The van der Waals surface area contributed by atoms with Crippen LogP contribution in [0.2, 0.25) is 0 Å². The van der Waals surface area contributed by atoms with E-state index in [1.807, 2.05) is 0 Å². The number of fused-ring (bicyclic) bond motifs is 1. The Labute approximate surface area is 122 Å². The topological polar surface area (TPSA) is 38.7 Å². The van der Waals surface area contributed by atoms with Crippen LogP contribution in [-0.4, -0.2) is 30.7 Å². The quantitative estimate of drug-likeness (QED) is 0.790. The van der Waals surface area contributed by atoms with Crippen LogP contribution in [0.4, 0.5) is 0 Å². The zero-order valence-electron chi connectivity index (χ0n) is 12.5. The van der Waals surface area contributed by atoms with Crippen molar-refractivity contribution < 1.29 is 14.6 Å². The van der Waals surface area contributed by atoms with Crippen LogP contribution in [0.15, 0.2) is 12.2 Å². The highest BCUT2D eigenvalue weighted by Crippen LogP contribution is 2.43. The van der Waals surface area contributed by atoms with Gasteiger partial charge in [0, 0.05) is 5.92 Å². The minimum atomic E-state index is -0.128. The fourth-order valence-electron chi connectivity index (χ4n) is 4.05. The molecule has 20 heavy (non-hydrogen) atoms. The van der Waals surface area contributed by atoms with Crippen molar-refractivity contribution in [3.8, 4) is 0 Å². The molecule has 3 nitrogen and oxygen atoms in total. The average molecular weight is 280 g/mol. The van der Waals surface area contributed by atoms with Crippen LogP contribution in [0, 0.1) is 23.7 Å². The predicted molar refractivity (Wildman–Crippen MR) is 78.2 cm³/mol. The SMILES string of the molecule is CC1COC(/C=C/C2CCC3CC(O)CCC3C2)OC1. The first-order valence-electron chi connectivity index (χ1n) is 8.30. The summed E-state index contributed by atoms with van der Waals surface area (Å²) >= 11 is 0. The van der Waals surface area contributed by atoms with Gasteiger partial charge in [0.1, 0.15) is 0 Å². The molecule has 0 aromatic heterocycles. The highest BCUT2D eigenvalue weighted by Gasteiger charge is 2.34. The summed E-state index contributed by atoms with van der Waals surface area (Å²) < 4.78 is 11.3. The number of ether oxygens (including phenoxy) is 2. The van der Waals surface area contributed by atoms with E-state index in [1.165, 1.54) is 25.7 Å². The van der Waals surface area contributed by atoms with Crippen LogP contribution in [0.1, 0.15) is 45.4 Å². The van der Waals surface area contributed by atoms with Crippen molar-refractivity contribution in [2.75, 3.05) is 13.2 Å². The molecule has 0 spiro atoms. The lowest BCUT2D eigenvalue weighted by Crippen LogP contribution is -2.33. The molecule has 1 saturated heterocycles. The van der Waals surface area contributed by atoms with Crippen molar-refractivity contribution in [1.82, 2.24) is 0 Å². The second-order valence-electron chi connectivity index (χ2n) is 7.09. The monoisotopic (exact) mass is 280 g/mol. The van der Waals surface area contributed by atoms with Crippen LogP contribution in [0.25, 0.3) is 0 Å². The van der Waals surface area contributed by atoms with Gasteiger partial charge in [-0.3, -0.25) is 0 Å². The lowest BCUT2D eigenvalue weighted by atomic mass is 9.67. The molecule has 3 rings (SSSR count). The summed E-state index contributed by atoms with van der Waals surface area (Å²) in [6, 6.07) is 0. The van der Waals surface area contributed by atoms with Crippen molar-refractivity contribution in [1.29, 1.82) is 0 Å². The van der Waals surface area contributed by atoms with E-state index >= 15 is 0 Å². The number of aliphatic hydroxyl groups excluding tert-OH is 1. The van der Waals surface area contributed by atoms with Gasteiger partial charge in [0.05, 0.1) is 19.3 Å². The van der Waals surface area contributed by atoms with Crippen LogP contribution < -0.4 is 0 Å². The average Bonchev–Trinajstić information content (AvgIpc) is 2.46. The number of allylic oxidation sites excluding steroid dienone is 1. The summed E-state index contributed by atoms with van der Waals surface area (Å²) in [6.07, 6.45) is 11.4. The highest BCUT2D eigenvalue weighted by molar-refractivity contribution is 4.97. The third kappa shape index (κ3) is 3.63. The molecule has 0 amide bonds. The molecular weight excluding hydrogens is 252 g/mol. The zero-order chi connectivity index (χ0) is 13.9. The molecule has 2 aliphatic carbocycles. The van der Waals surface area contributed by atoms with Gasteiger partial charge in [-0.15, -0.1) is 0 Å². The second kappa shape index (κ2) is 6.59. The minimum Gasteiger partial charge on any atom is -0.393 e. The highest BCUT2D eigenvalue weighted by atomic mass is 16.7. The molecule has 1 heterocycles. The van der Waals surface area contributed by atoms with E-state index in [1.54, 1.807) is 0 Å². The van der Waals surface area contributed by atoms with Crippen LogP contribution in [0.5, 0.6) is 0 Å². The van der Waals surface area contributed by atoms with Gasteiger partial charge in [0.2, 0.25) is 0 Å². The van der Waals surface area contributed by atoms with Gasteiger partial charge in [0.15, 0.2) is 6.29 Å². The first-order chi connectivity index (χ1) is 9.70. The van der Waals surface area contributed by atoms with Gasteiger partial charge in [-0.1, -0.05) is 13.0 Å². The fourth-order valence-corrected chi connectivity index (χ4v) is 4.05. The van der Waals surface area contributed by atoms with E-state index in [9.17, 15) is 5.11 Å². The Hall–Kier alpha value is -0.380. The van der Waals surface area contributed by atoms with Gasteiger partial charge >= 0.3 is 0 Å². The molecule has 2 saturated carbocycles. The Morgan fingerprint density at radius 3 is 2.40 bits per heavy atom. The summed E-state index contributed by atoms with van der Waals surface area (Å²) in [4.78, 5) is 0. The van der Waals surface area contributed by atoms with Gasteiger partial charge in [-0.2, -0.15) is 0 Å². The van der Waals surface area contributed by atoms with E-state index in [0.717, 1.165) is 37.9 Å². The van der Waals surface area contributed by atoms with E-state index < -0.39 is 0 Å². The Bertz CT molecular complexity index is 333. The molecule has 114 valence electrons. The maximum atomic E-state index is 9.76. The molecule has 3 heteroatoms. The van der Waals surface area contributed by atoms with E-state index in [-0.39, 0.29) is 12.4 Å². The number of aliphatic hydroxyl groups is 1. The predicted octanol–water partition coefficient (Wildman–Crippen LogP) is 3.13. The Morgan fingerprint density at radius 1 is 0.900 bits per heavy atom. The van der Waals surface area contributed by atoms with Crippen LogP contribution >= 0.6 is 0 Å². The number of hydrogen-bond donors (Lipinski definition) is 1. The molecule has 0 aromatic rings. The van der Waals surface area contributed by atoms with Crippen LogP contribution in [-0.2, 0) is 9.47 Å². The summed E-state index contributed by atoms with van der Waals surface area (Å²) in [6.45, 7) is 3.77. The molecule has 4 atom stereocenters. The van der Waals surface area contributed by atoms with Crippen LogP contribution in [0.3, 0.4) is 0 Å². The Kier molecular flexibility index (Phi) is 4.79. The molecule has 0 aromatic carbocycles. The lowest BCUT2D eigenvalue weighted by molar-refractivity contribution is -0.171. The standard InChI is InChI=1S/C17H28O3/c1-12-10-19-17(20-11-12)7-3-13-2-4-15-9-16(18)6-5-14(15)8-13/h3,7,12-18H,2,4-6,8-11H2,1H3/b7-3+. The molecule has 0 bridgehead atoms. The van der Waals surface area contributed by atoms with E-state index in [2.05, 4.69) is 19.1 Å². The van der Waals surface area contributed by atoms with Gasteiger partial charge in [-0.05, 0) is 62.4 Å². The van der Waals surface area contributed by atoms with Crippen molar-refractivity contribution in [3.05, 3.63) is 12.2 Å². The van der Waals surface area contributed by atoms with E-state index in [0.29, 0.717) is 11.8 Å². The van der Waals surface area contributed by atoms with Crippen molar-refractivity contribution in [3.63, 3.8) is 0 Å². The smallest absolute Gasteiger partial charge is 0.176 e. The molecular formula is C17H28O3. The van der Waals surface area contributed by atoms with Crippen molar-refractivity contribution in [2.45, 2.75) is 57.8 Å². The van der Waals surface area contributed by atoms with Crippen molar-refractivity contribution >= 4 is 0 Å². The first-order valence-corrected chi connectivity index (χ1v) is 8.30. The molecule has 3 fully saturated rings. The van der Waals surface area contributed by atoms with Crippen molar-refractivity contribution in [2.24, 2.45) is 23.7 Å². The molecule has 3 aliphatic rings. The molecule has 0 radical (unpaired) electrons. The van der Waals surface area contributed by atoms with Gasteiger partial charge in [0.25, 0.3) is 0 Å². The normalized spacial score (nSPS) is 46.3. The lowest BCUT2D eigenvalue weighted by Gasteiger charge is -2.40. The minimum absolute atomic E-state index is 0.0330. The largest absolute Gasteiger partial charge is 0.393 e. The summed E-state index contributed by atoms with van der Waals surface area (Å²) in [5.74, 6) is 2.79. The maximum Gasteiger partial charge on any atom is 0.176 e. The second-order valence-corrected chi connectivity index (χ2v) is 7.09. The summed E-state index contributed by atoms with van der Waals surface area (Å²) in [5.41, 5.74) is 0.